The summed E-state index contributed by atoms with van der Waals surface area (Å²) in [6.45, 7) is 2.51. The molecule has 6 heteroatoms. The van der Waals surface area contributed by atoms with Crippen LogP contribution in [0.1, 0.15) is 44.6 Å². The minimum atomic E-state index is -0.344. The molecule has 0 spiro atoms. The lowest BCUT2D eigenvalue weighted by Gasteiger charge is -2.33. The maximum atomic E-state index is 12.9. The van der Waals surface area contributed by atoms with Gasteiger partial charge in [-0.3, -0.25) is 4.79 Å². The van der Waals surface area contributed by atoms with Crippen molar-refractivity contribution >= 4 is 11.7 Å². The third kappa shape index (κ3) is 4.94. The molecule has 0 aliphatic heterocycles. The SMILES string of the molecule is CCN(C(=O)CO/N=C(\N)c1ccc(F)cc1)C1CCCCC1. The molecule has 1 aliphatic carbocycles. The van der Waals surface area contributed by atoms with Gasteiger partial charge in [-0.2, -0.15) is 0 Å². The third-order valence-corrected chi connectivity index (χ3v) is 4.17. The van der Waals surface area contributed by atoms with Crippen LogP contribution < -0.4 is 5.73 Å². The normalized spacial score (nSPS) is 16.2. The minimum Gasteiger partial charge on any atom is -0.384 e. The van der Waals surface area contributed by atoms with Crippen LogP contribution in [0.15, 0.2) is 29.4 Å². The number of amidine groups is 1. The molecule has 2 N–H and O–H groups in total. The molecule has 0 bridgehead atoms. The van der Waals surface area contributed by atoms with Gasteiger partial charge >= 0.3 is 0 Å². The smallest absolute Gasteiger partial charge is 0.263 e. The van der Waals surface area contributed by atoms with Crippen LogP contribution in [0.3, 0.4) is 0 Å². The second kappa shape index (κ2) is 8.50. The second-order valence-corrected chi connectivity index (χ2v) is 5.73. The summed E-state index contributed by atoms with van der Waals surface area (Å²) in [5.74, 6) is -0.294. The first-order chi connectivity index (χ1) is 11.1. The molecule has 0 aromatic heterocycles. The van der Waals surface area contributed by atoms with Gasteiger partial charge in [0.05, 0.1) is 0 Å². The van der Waals surface area contributed by atoms with Gasteiger partial charge in [-0.05, 0) is 44.0 Å². The summed E-state index contributed by atoms with van der Waals surface area (Å²) in [5, 5.41) is 3.75. The Hall–Kier alpha value is -2.11. The summed E-state index contributed by atoms with van der Waals surface area (Å²) < 4.78 is 12.9. The summed E-state index contributed by atoms with van der Waals surface area (Å²) in [6.07, 6.45) is 5.70. The number of hydrogen-bond donors (Lipinski definition) is 1. The molecule has 1 fully saturated rings. The van der Waals surface area contributed by atoms with Crippen molar-refractivity contribution in [2.75, 3.05) is 13.2 Å². The van der Waals surface area contributed by atoms with Crippen molar-refractivity contribution in [3.8, 4) is 0 Å². The van der Waals surface area contributed by atoms with E-state index in [4.69, 9.17) is 10.6 Å². The molecule has 1 aromatic rings. The fourth-order valence-corrected chi connectivity index (χ4v) is 2.94. The molecule has 1 amide bonds. The molecule has 23 heavy (non-hydrogen) atoms. The molecule has 0 radical (unpaired) electrons. The summed E-state index contributed by atoms with van der Waals surface area (Å²) in [7, 11) is 0. The Balaban J connectivity index is 1.87. The molecule has 0 heterocycles. The van der Waals surface area contributed by atoms with E-state index >= 15 is 0 Å². The fraction of sp³-hybridized carbons (Fsp3) is 0.529. The van der Waals surface area contributed by atoms with Crippen molar-refractivity contribution in [1.29, 1.82) is 0 Å². The van der Waals surface area contributed by atoms with E-state index in [-0.39, 0.29) is 24.2 Å². The van der Waals surface area contributed by atoms with E-state index in [1.54, 1.807) is 0 Å². The summed E-state index contributed by atoms with van der Waals surface area (Å²) in [5.41, 5.74) is 6.31. The predicted molar refractivity (Wildman–Crippen MR) is 87.3 cm³/mol. The molecule has 2 rings (SSSR count). The monoisotopic (exact) mass is 321 g/mol. The van der Waals surface area contributed by atoms with Gasteiger partial charge in [-0.1, -0.05) is 24.4 Å². The lowest BCUT2D eigenvalue weighted by molar-refractivity contribution is -0.138. The van der Waals surface area contributed by atoms with Gasteiger partial charge < -0.3 is 15.5 Å². The van der Waals surface area contributed by atoms with Crippen LogP contribution in [0.4, 0.5) is 4.39 Å². The zero-order valence-electron chi connectivity index (χ0n) is 13.5. The molecule has 1 aromatic carbocycles. The van der Waals surface area contributed by atoms with E-state index in [0.717, 1.165) is 12.8 Å². The average molecular weight is 321 g/mol. The largest absolute Gasteiger partial charge is 0.384 e. The van der Waals surface area contributed by atoms with Crippen LogP contribution in [0.25, 0.3) is 0 Å². The fourth-order valence-electron chi connectivity index (χ4n) is 2.94. The van der Waals surface area contributed by atoms with E-state index in [2.05, 4.69) is 5.16 Å². The highest BCUT2D eigenvalue weighted by Gasteiger charge is 2.24. The maximum Gasteiger partial charge on any atom is 0.263 e. The number of oxime groups is 1. The number of halogens is 1. The molecule has 126 valence electrons. The lowest BCUT2D eigenvalue weighted by Crippen LogP contribution is -2.43. The molecule has 0 atom stereocenters. The van der Waals surface area contributed by atoms with Gasteiger partial charge in [0.2, 0.25) is 0 Å². The van der Waals surface area contributed by atoms with E-state index in [0.29, 0.717) is 18.2 Å². The average Bonchev–Trinajstić information content (AvgIpc) is 2.57. The van der Waals surface area contributed by atoms with Gasteiger partial charge in [0.1, 0.15) is 5.82 Å². The van der Waals surface area contributed by atoms with Crippen molar-refractivity contribution in [2.24, 2.45) is 10.9 Å². The Morgan fingerprint density at radius 3 is 2.57 bits per heavy atom. The highest BCUT2D eigenvalue weighted by atomic mass is 19.1. The Labute approximate surface area is 136 Å². The Bertz CT molecular complexity index is 539. The second-order valence-electron chi connectivity index (χ2n) is 5.73. The van der Waals surface area contributed by atoms with E-state index in [1.165, 1.54) is 43.5 Å². The molecular formula is C17H24FN3O2. The quantitative estimate of drug-likeness (QED) is 0.497. The van der Waals surface area contributed by atoms with Gasteiger partial charge in [0, 0.05) is 18.2 Å². The number of amides is 1. The van der Waals surface area contributed by atoms with Crippen molar-refractivity contribution in [3.63, 3.8) is 0 Å². The summed E-state index contributed by atoms with van der Waals surface area (Å²) in [6, 6.07) is 5.93. The number of likely N-dealkylation sites (N-methyl/N-ethyl adjacent to an activating group) is 1. The van der Waals surface area contributed by atoms with Gasteiger partial charge in [0.15, 0.2) is 12.4 Å². The molecule has 0 unspecified atom stereocenters. The Morgan fingerprint density at radius 1 is 1.30 bits per heavy atom. The van der Waals surface area contributed by atoms with E-state index in [9.17, 15) is 9.18 Å². The van der Waals surface area contributed by atoms with Gasteiger partial charge in [0.25, 0.3) is 5.91 Å². The maximum absolute atomic E-state index is 12.9. The number of nitrogens with zero attached hydrogens (tertiary/aromatic N) is 2. The molecule has 0 saturated heterocycles. The first-order valence-corrected chi connectivity index (χ1v) is 8.12. The first-order valence-electron chi connectivity index (χ1n) is 8.12. The van der Waals surface area contributed by atoms with Crippen molar-refractivity contribution in [3.05, 3.63) is 35.6 Å². The van der Waals surface area contributed by atoms with Crippen molar-refractivity contribution in [2.45, 2.75) is 45.1 Å². The number of nitrogens with two attached hydrogens (primary N) is 1. The number of hydrogen-bond acceptors (Lipinski definition) is 3. The van der Waals surface area contributed by atoms with Crippen LogP contribution in [0.2, 0.25) is 0 Å². The van der Waals surface area contributed by atoms with Crippen LogP contribution in [-0.2, 0) is 9.63 Å². The lowest BCUT2D eigenvalue weighted by atomic mass is 9.94. The topological polar surface area (TPSA) is 67.9 Å². The zero-order valence-corrected chi connectivity index (χ0v) is 13.5. The summed E-state index contributed by atoms with van der Waals surface area (Å²) >= 11 is 0. The predicted octanol–water partition coefficient (Wildman–Crippen LogP) is 2.64. The zero-order chi connectivity index (χ0) is 16.7. The highest BCUT2D eigenvalue weighted by molar-refractivity contribution is 5.97. The van der Waals surface area contributed by atoms with E-state index < -0.39 is 0 Å². The standard InChI is InChI=1S/C17H24FN3O2/c1-2-21(15-6-4-3-5-7-15)16(22)12-23-20-17(19)13-8-10-14(18)11-9-13/h8-11,15H,2-7,12H2,1H3,(H2,19,20). The van der Waals surface area contributed by atoms with Crippen molar-refractivity contribution < 1.29 is 14.0 Å². The van der Waals surface area contributed by atoms with Crippen LogP contribution in [-0.4, -0.2) is 35.8 Å². The molecule has 1 aliphatic rings. The molecule has 1 saturated carbocycles. The van der Waals surface area contributed by atoms with Gasteiger partial charge in [-0.25, -0.2) is 4.39 Å². The van der Waals surface area contributed by atoms with Crippen LogP contribution >= 0.6 is 0 Å². The molecular weight excluding hydrogens is 297 g/mol. The van der Waals surface area contributed by atoms with E-state index in [1.807, 2.05) is 11.8 Å². The minimum absolute atomic E-state index is 0.0740. The summed E-state index contributed by atoms with van der Waals surface area (Å²) in [4.78, 5) is 19.2. The Kier molecular flexibility index (Phi) is 6.38. The highest BCUT2D eigenvalue weighted by Crippen LogP contribution is 2.22. The van der Waals surface area contributed by atoms with Crippen LogP contribution in [0, 0.1) is 5.82 Å². The van der Waals surface area contributed by atoms with Gasteiger partial charge in [-0.15, -0.1) is 0 Å². The Morgan fingerprint density at radius 2 is 1.96 bits per heavy atom. The number of carbonyl (C=O) groups excluding carboxylic acids is 1. The van der Waals surface area contributed by atoms with Crippen molar-refractivity contribution in [1.82, 2.24) is 4.90 Å². The number of carbonyl (C=O) groups is 1. The first kappa shape index (κ1) is 17.2. The number of benzene rings is 1. The number of rotatable bonds is 6. The molecule has 5 nitrogen and oxygen atoms in total. The van der Waals surface area contributed by atoms with Crippen LogP contribution in [0.5, 0.6) is 0 Å². The third-order valence-electron chi connectivity index (χ3n) is 4.17.